The molecule has 3 rings (SSSR count). The molecule has 2 aliphatic heterocycles. The molecule has 0 amide bonds. The Bertz CT molecular complexity index is 537. The van der Waals surface area contributed by atoms with E-state index in [0.717, 1.165) is 11.1 Å². The van der Waals surface area contributed by atoms with E-state index in [1.165, 1.54) is 0 Å². The first-order valence-electron chi connectivity index (χ1n) is 7.38. The van der Waals surface area contributed by atoms with Crippen molar-refractivity contribution in [2.75, 3.05) is 0 Å². The van der Waals surface area contributed by atoms with Gasteiger partial charge in [-0.3, -0.25) is 0 Å². The van der Waals surface area contributed by atoms with Crippen LogP contribution in [0.3, 0.4) is 0 Å². The molecule has 0 unspecified atom stereocenters. The zero-order valence-electron chi connectivity index (χ0n) is 12.7. The molecule has 4 heteroatoms. The molecule has 2 fully saturated rings. The van der Waals surface area contributed by atoms with E-state index in [0.29, 0.717) is 0 Å². The number of hydrogen-bond donors (Lipinski definition) is 1. The molecule has 2 aliphatic rings. The van der Waals surface area contributed by atoms with Gasteiger partial charge in [-0.05, 0) is 31.9 Å². The number of fused-ring (bicyclic) bond motifs is 1. The van der Waals surface area contributed by atoms with Gasteiger partial charge in [-0.2, -0.15) is 0 Å². The molecule has 0 spiro atoms. The van der Waals surface area contributed by atoms with Gasteiger partial charge < -0.3 is 19.3 Å². The van der Waals surface area contributed by atoms with Gasteiger partial charge >= 0.3 is 0 Å². The summed E-state index contributed by atoms with van der Waals surface area (Å²) < 4.78 is 17.8. The number of aliphatic hydroxyl groups is 1. The minimum Gasteiger partial charge on any atom is -0.392 e. The topological polar surface area (TPSA) is 47.9 Å². The third-order valence-corrected chi connectivity index (χ3v) is 4.01. The molecule has 0 aromatic heterocycles. The van der Waals surface area contributed by atoms with Crippen molar-refractivity contribution < 1.29 is 19.3 Å². The van der Waals surface area contributed by atoms with Crippen LogP contribution in [-0.4, -0.2) is 35.3 Å². The van der Waals surface area contributed by atoms with Crippen LogP contribution in [0.25, 0.3) is 6.08 Å². The Morgan fingerprint density at radius 2 is 1.90 bits per heavy atom. The van der Waals surface area contributed by atoms with Crippen LogP contribution in [0.1, 0.15) is 31.9 Å². The van der Waals surface area contributed by atoms with E-state index < -0.39 is 5.79 Å². The number of benzene rings is 1. The maximum Gasteiger partial charge on any atom is 0.164 e. The molecule has 0 saturated carbocycles. The molecule has 114 valence electrons. The van der Waals surface area contributed by atoms with Crippen molar-refractivity contribution in [3.8, 4) is 0 Å². The lowest BCUT2D eigenvalue weighted by Crippen LogP contribution is -2.28. The Balaban J connectivity index is 1.77. The highest BCUT2D eigenvalue weighted by atomic mass is 16.8. The van der Waals surface area contributed by atoms with E-state index in [4.69, 9.17) is 14.2 Å². The van der Waals surface area contributed by atoms with Crippen LogP contribution >= 0.6 is 0 Å². The molecule has 2 saturated heterocycles. The quantitative estimate of drug-likeness (QED) is 0.929. The Kier molecular flexibility index (Phi) is 3.88. The van der Waals surface area contributed by atoms with Crippen LogP contribution in [0, 0.1) is 0 Å². The van der Waals surface area contributed by atoms with Crippen LogP contribution in [0.2, 0.25) is 0 Å². The van der Waals surface area contributed by atoms with Crippen LogP contribution in [0.5, 0.6) is 0 Å². The fraction of sp³-hybridized carbons (Fsp3) is 0.529. The van der Waals surface area contributed by atoms with Crippen molar-refractivity contribution in [3.05, 3.63) is 41.5 Å². The average Bonchev–Trinajstić information content (AvgIpc) is 2.92. The molecule has 1 aromatic rings. The molecule has 0 bridgehead atoms. The summed E-state index contributed by atoms with van der Waals surface area (Å²) in [4.78, 5) is 0. The zero-order chi connectivity index (χ0) is 15.0. The summed E-state index contributed by atoms with van der Waals surface area (Å²) in [5.74, 6) is -0.553. The van der Waals surface area contributed by atoms with E-state index in [2.05, 4.69) is 0 Å². The monoisotopic (exact) mass is 290 g/mol. The summed E-state index contributed by atoms with van der Waals surface area (Å²) in [5.41, 5.74) is 1.90. The van der Waals surface area contributed by atoms with Gasteiger partial charge in [-0.1, -0.05) is 36.4 Å². The van der Waals surface area contributed by atoms with E-state index >= 15 is 0 Å². The van der Waals surface area contributed by atoms with E-state index in [1.807, 2.05) is 57.2 Å². The van der Waals surface area contributed by atoms with Gasteiger partial charge in [0.2, 0.25) is 0 Å². The molecule has 2 heterocycles. The first-order chi connectivity index (χ1) is 10.00. The summed E-state index contributed by atoms with van der Waals surface area (Å²) in [5, 5.41) is 9.36. The molecule has 21 heavy (non-hydrogen) atoms. The molecular weight excluding hydrogens is 268 g/mol. The first-order valence-corrected chi connectivity index (χ1v) is 7.38. The lowest BCUT2D eigenvalue weighted by Gasteiger charge is -2.21. The van der Waals surface area contributed by atoms with Gasteiger partial charge in [0.05, 0.1) is 12.7 Å². The van der Waals surface area contributed by atoms with Gasteiger partial charge in [0.1, 0.15) is 18.3 Å². The minimum absolute atomic E-state index is 0.0134. The maximum absolute atomic E-state index is 9.36. The summed E-state index contributed by atoms with van der Waals surface area (Å²) in [6.45, 7) is 5.90. The predicted octanol–water partition coefficient (Wildman–Crippen LogP) is 2.50. The Labute approximate surface area is 125 Å². The molecule has 1 N–H and O–H groups in total. The molecule has 0 radical (unpaired) electrons. The predicted molar refractivity (Wildman–Crippen MR) is 79.6 cm³/mol. The number of aliphatic hydroxyl groups excluding tert-OH is 1. The van der Waals surface area contributed by atoms with Crippen LogP contribution in [0.4, 0.5) is 0 Å². The lowest BCUT2D eigenvalue weighted by molar-refractivity contribution is -0.180. The SMILES string of the molecule is C[C@@H]1O[C@H](/C=C/c2ccccc2CO)[C@H]2OC(C)(C)O[C@H]21. The van der Waals surface area contributed by atoms with Crippen molar-refractivity contribution in [1.82, 2.24) is 0 Å². The summed E-state index contributed by atoms with van der Waals surface area (Å²) >= 11 is 0. The second-order valence-electron chi connectivity index (χ2n) is 6.09. The number of ether oxygens (including phenoxy) is 3. The second kappa shape index (κ2) is 5.54. The van der Waals surface area contributed by atoms with Gasteiger partial charge in [-0.25, -0.2) is 0 Å². The van der Waals surface area contributed by atoms with Crippen molar-refractivity contribution in [2.24, 2.45) is 0 Å². The Hall–Kier alpha value is -1.20. The zero-order valence-corrected chi connectivity index (χ0v) is 12.7. The highest BCUT2D eigenvalue weighted by Crippen LogP contribution is 2.39. The largest absolute Gasteiger partial charge is 0.392 e. The smallest absolute Gasteiger partial charge is 0.164 e. The fourth-order valence-electron chi connectivity index (χ4n) is 3.03. The summed E-state index contributed by atoms with van der Waals surface area (Å²) in [6, 6.07) is 7.77. The van der Waals surface area contributed by atoms with Gasteiger partial charge in [0.25, 0.3) is 0 Å². The van der Waals surface area contributed by atoms with Crippen LogP contribution in [-0.2, 0) is 20.8 Å². The Morgan fingerprint density at radius 1 is 1.19 bits per heavy atom. The summed E-state index contributed by atoms with van der Waals surface area (Å²) in [7, 11) is 0. The standard InChI is InChI=1S/C17H22O4/c1-11-15-16(21-17(2,3)20-15)14(19-11)9-8-12-6-4-5-7-13(12)10-18/h4-9,11,14-16,18H,10H2,1-3H3/b9-8+/t11-,14+,15-,16+/m0/s1. The van der Waals surface area contributed by atoms with E-state index in [9.17, 15) is 5.11 Å². The summed E-state index contributed by atoms with van der Waals surface area (Å²) in [6.07, 6.45) is 3.77. The van der Waals surface area contributed by atoms with E-state index in [1.54, 1.807) is 0 Å². The van der Waals surface area contributed by atoms with Crippen LogP contribution in [0.15, 0.2) is 30.3 Å². The fourth-order valence-corrected chi connectivity index (χ4v) is 3.03. The van der Waals surface area contributed by atoms with Crippen molar-refractivity contribution in [3.63, 3.8) is 0 Å². The second-order valence-corrected chi connectivity index (χ2v) is 6.09. The molecule has 4 nitrogen and oxygen atoms in total. The lowest BCUT2D eigenvalue weighted by atomic mass is 10.0. The van der Waals surface area contributed by atoms with Gasteiger partial charge in [0, 0.05) is 0 Å². The first kappa shape index (κ1) is 14.7. The van der Waals surface area contributed by atoms with Crippen LogP contribution < -0.4 is 0 Å². The molecular formula is C17H22O4. The van der Waals surface area contributed by atoms with Gasteiger partial charge in [-0.15, -0.1) is 0 Å². The number of rotatable bonds is 3. The van der Waals surface area contributed by atoms with Crippen molar-refractivity contribution in [2.45, 2.75) is 57.6 Å². The van der Waals surface area contributed by atoms with Gasteiger partial charge in [0.15, 0.2) is 5.79 Å². The maximum atomic E-state index is 9.36. The third-order valence-electron chi connectivity index (χ3n) is 4.01. The Morgan fingerprint density at radius 3 is 2.67 bits per heavy atom. The molecule has 0 aliphatic carbocycles. The highest BCUT2D eigenvalue weighted by Gasteiger charge is 2.52. The average molecular weight is 290 g/mol. The molecule has 4 atom stereocenters. The number of hydrogen-bond acceptors (Lipinski definition) is 4. The minimum atomic E-state index is -0.553. The van der Waals surface area contributed by atoms with Crippen molar-refractivity contribution >= 4 is 6.08 Å². The van der Waals surface area contributed by atoms with Crippen molar-refractivity contribution in [1.29, 1.82) is 0 Å². The third kappa shape index (κ3) is 2.90. The highest BCUT2D eigenvalue weighted by molar-refractivity contribution is 5.54. The molecule has 1 aromatic carbocycles. The van der Waals surface area contributed by atoms with E-state index in [-0.39, 0.29) is 31.0 Å². The normalized spacial score (nSPS) is 34.5.